The average molecular weight is 300 g/mol. The number of carbonyl (C=O) groups excluding carboxylic acids is 1. The van der Waals surface area contributed by atoms with Gasteiger partial charge in [0.2, 0.25) is 0 Å². The summed E-state index contributed by atoms with van der Waals surface area (Å²) < 4.78 is 0. The summed E-state index contributed by atoms with van der Waals surface area (Å²) in [5.74, 6) is -0.161. The van der Waals surface area contributed by atoms with Crippen LogP contribution in [0, 0.1) is 6.92 Å². The van der Waals surface area contributed by atoms with Crippen molar-refractivity contribution in [2.75, 3.05) is 0 Å². The molecule has 0 radical (unpaired) electrons. The molecule has 2 aromatic heterocycles. The van der Waals surface area contributed by atoms with E-state index in [9.17, 15) is 4.79 Å². The molecule has 0 aliphatic rings. The number of pyridine rings is 1. The normalized spacial score (nSPS) is 10.8. The third kappa shape index (κ3) is 3.06. The minimum Gasteiger partial charge on any atom is -0.351 e. The minimum atomic E-state index is -0.161. The molecule has 0 bridgehead atoms. The molecule has 0 atom stereocenters. The Labute approximate surface area is 127 Å². The number of hydrogen-bond acceptors (Lipinski definition) is 2. The predicted molar refractivity (Wildman–Crippen MR) is 83.5 cm³/mol. The zero-order valence-corrected chi connectivity index (χ0v) is 12.2. The first kappa shape index (κ1) is 13.6. The van der Waals surface area contributed by atoms with Gasteiger partial charge < -0.3 is 10.3 Å². The summed E-state index contributed by atoms with van der Waals surface area (Å²) in [6.07, 6.45) is 1.62. The van der Waals surface area contributed by atoms with E-state index in [0.29, 0.717) is 17.3 Å². The van der Waals surface area contributed by atoms with Crippen LogP contribution in [0.15, 0.2) is 42.6 Å². The zero-order valence-electron chi connectivity index (χ0n) is 11.5. The lowest BCUT2D eigenvalue weighted by Crippen LogP contribution is -2.23. The van der Waals surface area contributed by atoms with Crippen molar-refractivity contribution in [3.8, 4) is 0 Å². The number of hydrogen-bond donors (Lipinski definition) is 2. The molecular formula is C16H14ClN3O. The van der Waals surface area contributed by atoms with Gasteiger partial charge in [-0.15, -0.1) is 0 Å². The van der Waals surface area contributed by atoms with E-state index in [0.717, 1.165) is 22.2 Å². The molecule has 0 fully saturated rings. The number of fused-ring (bicyclic) bond motifs is 1. The molecule has 2 heterocycles. The van der Waals surface area contributed by atoms with Crippen molar-refractivity contribution < 1.29 is 4.79 Å². The topological polar surface area (TPSA) is 57.8 Å². The van der Waals surface area contributed by atoms with Gasteiger partial charge in [0, 0.05) is 22.1 Å². The van der Waals surface area contributed by atoms with Crippen LogP contribution >= 0.6 is 11.6 Å². The quantitative estimate of drug-likeness (QED) is 0.778. The molecule has 3 rings (SSSR count). The fraction of sp³-hybridized carbons (Fsp3) is 0.125. The maximum atomic E-state index is 12.2. The molecule has 5 heteroatoms. The summed E-state index contributed by atoms with van der Waals surface area (Å²) in [4.78, 5) is 19.4. The Hall–Kier alpha value is -2.33. The van der Waals surface area contributed by atoms with Crippen LogP contribution in [0.3, 0.4) is 0 Å². The lowest BCUT2D eigenvalue weighted by molar-refractivity contribution is 0.0946. The van der Waals surface area contributed by atoms with Crippen molar-refractivity contribution in [3.63, 3.8) is 0 Å². The van der Waals surface area contributed by atoms with Gasteiger partial charge in [-0.1, -0.05) is 23.7 Å². The number of H-pyrrole nitrogens is 1. The van der Waals surface area contributed by atoms with Crippen molar-refractivity contribution in [1.82, 2.24) is 15.3 Å². The number of benzene rings is 1. The van der Waals surface area contributed by atoms with E-state index in [1.165, 1.54) is 0 Å². The van der Waals surface area contributed by atoms with Crippen LogP contribution in [0.2, 0.25) is 5.02 Å². The van der Waals surface area contributed by atoms with E-state index in [4.69, 9.17) is 11.6 Å². The molecule has 4 nitrogen and oxygen atoms in total. The van der Waals surface area contributed by atoms with Crippen LogP contribution in [0.4, 0.5) is 0 Å². The molecule has 3 aromatic rings. The fourth-order valence-electron chi connectivity index (χ4n) is 2.17. The van der Waals surface area contributed by atoms with Gasteiger partial charge in [-0.05, 0) is 36.8 Å². The molecule has 2 N–H and O–H groups in total. The number of aromatic amines is 1. The van der Waals surface area contributed by atoms with Crippen molar-refractivity contribution in [2.45, 2.75) is 13.5 Å². The van der Waals surface area contributed by atoms with Crippen molar-refractivity contribution in [3.05, 3.63) is 64.6 Å². The van der Waals surface area contributed by atoms with Crippen LogP contribution in [-0.4, -0.2) is 15.9 Å². The highest BCUT2D eigenvalue weighted by atomic mass is 35.5. The smallest absolute Gasteiger partial charge is 0.268 e. The molecule has 1 amide bonds. The lowest BCUT2D eigenvalue weighted by atomic mass is 10.2. The number of aromatic nitrogens is 2. The molecule has 1 aromatic carbocycles. The van der Waals surface area contributed by atoms with Gasteiger partial charge in [-0.2, -0.15) is 0 Å². The number of nitrogens with one attached hydrogen (secondary N) is 2. The van der Waals surface area contributed by atoms with Gasteiger partial charge in [-0.3, -0.25) is 9.78 Å². The van der Waals surface area contributed by atoms with Gasteiger partial charge in [0.25, 0.3) is 5.91 Å². The number of rotatable bonds is 3. The number of halogens is 1. The zero-order chi connectivity index (χ0) is 14.8. The summed E-state index contributed by atoms with van der Waals surface area (Å²) in [5.41, 5.74) is 3.38. The van der Waals surface area contributed by atoms with Crippen LogP contribution < -0.4 is 5.32 Å². The first-order valence-electron chi connectivity index (χ1n) is 6.60. The summed E-state index contributed by atoms with van der Waals surface area (Å²) in [7, 11) is 0. The molecule has 0 spiro atoms. The Balaban J connectivity index is 1.74. The fourth-order valence-corrected chi connectivity index (χ4v) is 2.36. The van der Waals surface area contributed by atoms with E-state index in [2.05, 4.69) is 15.3 Å². The number of nitrogens with zero attached hydrogens (tertiary/aromatic N) is 1. The van der Waals surface area contributed by atoms with E-state index < -0.39 is 0 Å². The molecule has 0 aliphatic heterocycles. The SMILES string of the molecule is Cc1ccc2cc(C(=O)NCc3cc(Cl)ccn3)[nH]c2c1. The van der Waals surface area contributed by atoms with Crippen LogP contribution in [-0.2, 0) is 6.54 Å². The molecule has 21 heavy (non-hydrogen) atoms. The minimum absolute atomic E-state index is 0.161. The highest BCUT2D eigenvalue weighted by molar-refractivity contribution is 6.30. The lowest BCUT2D eigenvalue weighted by Gasteiger charge is -2.03. The molecule has 0 unspecified atom stereocenters. The van der Waals surface area contributed by atoms with Crippen molar-refractivity contribution in [1.29, 1.82) is 0 Å². The Morgan fingerprint density at radius 1 is 1.29 bits per heavy atom. The Morgan fingerprint density at radius 3 is 2.95 bits per heavy atom. The summed E-state index contributed by atoms with van der Waals surface area (Å²) >= 11 is 5.89. The summed E-state index contributed by atoms with van der Waals surface area (Å²) in [6, 6.07) is 11.3. The second-order valence-corrected chi connectivity index (χ2v) is 5.36. The van der Waals surface area contributed by atoms with Gasteiger partial charge in [0.1, 0.15) is 5.69 Å². The van der Waals surface area contributed by atoms with E-state index in [1.54, 1.807) is 18.3 Å². The maximum absolute atomic E-state index is 12.2. The standard InChI is InChI=1S/C16H14ClN3O/c1-10-2-3-11-7-15(20-14(11)6-10)16(21)19-9-13-8-12(17)4-5-18-13/h2-8,20H,9H2,1H3,(H,19,21). The Morgan fingerprint density at radius 2 is 2.14 bits per heavy atom. The third-order valence-corrected chi connectivity index (χ3v) is 3.47. The van der Waals surface area contributed by atoms with Gasteiger partial charge in [-0.25, -0.2) is 0 Å². The average Bonchev–Trinajstić information content (AvgIpc) is 2.88. The van der Waals surface area contributed by atoms with Crippen molar-refractivity contribution >= 4 is 28.4 Å². The van der Waals surface area contributed by atoms with Gasteiger partial charge in [0.05, 0.1) is 12.2 Å². The highest BCUT2D eigenvalue weighted by Crippen LogP contribution is 2.17. The molecule has 0 saturated heterocycles. The van der Waals surface area contributed by atoms with E-state index >= 15 is 0 Å². The number of amides is 1. The first-order chi connectivity index (χ1) is 10.1. The van der Waals surface area contributed by atoms with E-state index in [1.807, 2.05) is 31.2 Å². The second kappa shape index (κ2) is 5.58. The van der Waals surface area contributed by atoms with Crippen LogP contribution in [0.25, 0.3) is 10.9 Å². The largest absolute Gasteiger partial charge is 0.351 e. The first-order valence-corrected chi connectivity index (χ1v) is 6.97. The van der Waals surface area contributed by atoms with Crippen LogP contribution in [0.1, 0.15) is 21.7 Å². The van der Waals surface area contributed by atoms with Crippen molar-refractivity contribution in [2.24, 2.45) is 0 Å². The Bertz CT molecular complexity index is 810. The molecular weight excluding hydrogens is 286 g/mol. The summed E-state index contributed by atoms with van der Waals surface area (Å²) in [6.45, 7) is 2.36. The molecule has 106 valence electrons. The highest BCUT2D eigenvalue weighted by Gasteiger charge is 2.09. The summed E-state index contributed by atoms with van der Waals surface area (Å²) in [5, 5.41) is 4.45. The molecule has 0 saturated carbocycles. The monoisotopic (exact) mass is 299 g/mol. The Kier molecular flexibility index (Phi) is 3.62. The van der Waals surface area contributed by atoms with Gasteiger partial charge in [0.15, 0.2) is 0 Å². The second-order valence-electron chi connectivity index (χ2n) is 4.92. The number of carbonyl (C=O) groups is 1. The molecule has 0 aliphatic carbocycles. The van der Waals surface area contributed by atoms with E-state index in [-0.39, 0.29) is 5.91 Å². The van der Waals surface area contributed by atoms with Gasteiger partial charge >= 0.3 is 0 Å². The third-order valence-electron chi connectivity index (χ3n) is 3.23. The number of aryl methyl sites for hydroxylation is 1. The van der Waals surface area contributed by atoms with Crippen LogP contribution in [0.5, 0.6) is 0 Å². The predicted octanol–water partition coefficient (Wildman–Crippen LogP) is 3.45. The maximum Gasteiger partial charge on any atom is 0.268 e.